The van der Waals surface area contributed by atoms with E-state index in [1.807, 2.05) is 21.7 Å². The highest BCUT2D eigenvalue weighted by Crippen LogP contribution is 2.46. The van der Waals surface area contributed by atoms with E-state index in [0.717, 1.165) is 19.3 Å². The van der Waals surface area contributed by atoms with Crippen LogP contribution in [0.4, 0.5) is 4.79 Å². The summed E-state index contributed by atoms with van der Waals surface area (Å²) in [5, 5.41) is 4.75. The van der Waals surface area contributed by atoms with Gasteiger partial charge in [-0.15, -0.1) is 0 Å². The van der Waals surface area contributed by atoms with Gasteiger partial charge < -0.3 is 19.7 Å². The standard InChI is InChI=1S/C30H53N2O7PS/c1-3-5-6-7-8-9-10-11-12-13-14-15-16-17-18-19-21-31-29(33)36-25-30(26-39-40(34,35)38-4-2)28(20-23-37-30)32-22-24-41-27-32/h11-12,22,24,27-28H,3-10,13-21,23,25-26H2,1-2H3,(H-,31,33,34,35)/p+1. The monoisotopic (exact) mass is 617 g/mol. The smallest absolute Gasteiger partial charge is 0.446 e. The lowest BCUT2D eigenvalue weighted by Gasteiger charge is -2.30. The van der Waals surface area contributed by atoms with Crippen molar-refractivity contribution in [3.63, 3.8) is 0 Å². The first-order valence-corrected chi connectivity index (χ1v) is 18.1. The molecule has 11 heteroatoms. The van der Waals surface area contributed by atoms with Gasteiger partial charge in [0.15, 0.2) is 17.8 Å². The van der Waals surface area contributed by atoms with E-state index in [9.17, 15) is 14.3 Å². The molecule has 0 radical (unpaired) electrons. The maximum Gasteiger partial charge on any atom is 0.472 e. The molecule has 0 aliphatic carbocycles. The molecule has 2 heterocycles. The fourth-order valence-electron chi connectivity index (χ4n) is 5.09. The molecule has 3 atom stereocenters. The third kappa shape index (κ3) is 15.1. The van der Waals surface area contributed by atoms with Crippen molar-refractivity contribution in [3.8, 4) is 0 Å². The number of aromatic nitrogens is 1. The lowest BCUT2D eigenvalue weighted by atomic mass is 9.96. The van der Waals surface area contributed by atoms with Crippen molar-refractivity contribution in [1.82, 2.24) is 5.32 Å². The quantitative estimate of drug-likeness (QED) is 0.0531. The van der Waals surface area contributed by atoms with Gasteiger partial charge in [-0.1, -0.05) is 88.2 Å². The van der Waals surface area contributed by atoms with Gasteiger partial charge in [0.05, 0.1) is 25.2 Å². The van der Waals surface area contributed by atoms with E-state index in [4.69, 9.17) is 18.5 Å². The van der Waals surface area contributed by atoms with E-state index < -0.39 is 19.5 Å². The molecule has 1 amide bonds. The van der Waals surface area contributed by atoms with Gasteiger partial charge in [0.1, 0.15) is 6.61 Å². The minimum Gasteiger partial charge on any atom is -0.446 e. The average Bonchev–Trinajstić information content (AvgIpc) is 3.63. The first kappa shape index (κ1) is 35.9. The van der Waals surface area contributed by atoms with E-state index in [-0.39, 0.29) is 25.9 Å². The van der Waals surface area contributed by atoms with Gasteiger partial charge in [-0.2, -0.15) is 4.57 Å². The Morgan fingerprint density at radius 2 is 1.68 bits per heavy atom. The molecule has 1 saturated heterocycles. The first-order chi connectivity index (χ1) is 19.9. The van der Waals surface area contributed by atoms with Crippen molar-refractivity contribution in [2.75, 3.05) is 33.0 Å². The number of hydrogen-bond acceptors (Lipinski definition) is 7. The molecular formula is C30H54N2O7PS+. The molecular weight excluding hydrogens is 563 g/mol. The van der Waals surface area contributed by atoms with Crippen LogP contribution in [0.15, 0.2) is 29.2 Å². The molecule has 1 fully saturated rings. The summed E-state index contributed by atoms with van der Waals surface area (Å²) in [4.78, 5) is 22.4. The van der Waals surface area contributed by atoms with Crippen LogP contribution in [0.1, 0.15) is 116 Å². The molecule has 0 saturated carbocycles. The van der Waals surface area contributed by atoms with Crippen LogP contribution in [-0.4, -0.2) is 49.6 Å². The van der Waals surface area contributed by atoms with Crippen LogP contribution in [0.5, 0.6) is 0 Å². The van der Waals surface area contributed by atoms with Gasteiger partial charge in [0.25, 0.3) is 0 Å². The van der Waals surface area contributed by atoms with Crippen LogP contribution < -0.4 is 9.88 Å². The Kier molecular flexibility index (Phi) is 18.7. The Morgan fingerprint density at radius 3 is 2.32 bits per heavy atom. The number of alkyl carbamates (subject to hydrolysis) is 1. The number of phosphoric acid groups is 1. The molecule has 41 heavy (non-hydrogen) atoms. The molecule has 1 aliphatic rings. The maximum absolute atomic E-state index is 12.4. The maximum atomic E-state index is 12.4. The number of nitrogens with one attached hydrogen (secondary N) is 1. The molecule has 9 nitrogen and oxygen atoms in total. The molecule has 0 spiro atoms. The number of ether oxygens (including phenoxy) is 2. The molecule has 2 N–H and O–H groups in total. The Bertz CT molecular complexity index is 886. The van der Waals surface area contributed by atoms with Crippen molar-refractivity contribution in [3.05, 3.63) is 29.2 Å². The second-order valence-electron chi connectivity index (χ2n) is 10.8. The van der Waals surface area contributed by atoms with Gasteiger partial charge in [-0.25, -0.2) is 9.36 Å². The van der Waals surface area contributed by atoms with Crippen LogP contribution in [0.2, 0.25) is 0 Å². The zero-order valence-corrected chi connectivity index (χ0v) is 27.0. The molecule has 2 rings (SSSR count). The van der Waals surface area contributed by atoms with Gasteiger partial charge in [-0.3, -0.25) is 9.05 Å². The minimum atomic E-state index is -4.23. The Labute approximate surface area is 251 Å². The zero-order valence-electron chi connectivity index (χ0n) is 25.3. The molecule has 236 valence electrons. The Morgan fingerprint density at radius 1 is 1.02 bits per heavy atom. The third-order valence-electron chi connectivity index (χ3n) is 7.41. The van der Waals surface area contributed by atoms with Crippen LogP contribution >= 0.6 is 19.2 Å². The van der Waals surface area contributed by atoms with Crippen molar-refractivity contribution in [2.24, 2.45) is 0 Å². The SMILES string of the molecule is CCCCCCCCC=CCCCCCCCCNC(=O)OCC1(COP(=O)(O)OCC)OCCC1[n+]1ccsc1. The molecule has 1 aromatic rings. The summed E-state index contributed by atoms with van der Waals surface area (Å²) >= 11 is 1.53. The number of carbonyl (C=O) groups excluding carboxylic acids is 1. The third-order valence-corrected chi connectivity index (χ3v) is 9.10. The lowest BCUT2D eigenvalue weighted by Crippen LogP contribution is -2.55. The first-order valence-electron chi connectivity index (χ1n) is 15.7. The highest BCUT2D eigenvalue weighted by atomic mass is 32.1. The second-order valence-corrected chi connectivity index (χ2v) is 13.0. The highest BCUT2D eigenvalue weighted by Gasteiger charge is 2.53. The highest BCUT2D eigenvalue weighted by molar-refractivity contribution is 7.47. The van der Waals surface area contributed by atoms with Crippen LogP contribution in [0.25, 0.3) is 0 Å². The summed E-state index contributed by atoms with van der Waals surface area (Å²) in [6.45, 7) is 4.53. The Hall–Kier alpha value is -1.29. The van der Waals surface area contributed by atoms with Gasteiger partial charge in [-0.05, 0) is 39.0 Å². The average molecular weight is 618 g/mol. The number of carbonyl (C=O) groups is 1. The number of hydrogen-bond donors (Lipinski definition) is 2. The van der Waals surface area contributed by atoms with Crippen molar-refractivity contribution in [2.45, 2.75) is 122 Å². The normalized spacial score (nSPS) is 20.4. The number of unbranched alkanes of at least 4 members (excludes halogenated alkanes) is 12. The van der Waals surface area contributed by atoms with E-state index >= 15 is 0 Å². The summed E-state index contributed by atoms with van der Waals surface area (Å²) in [6.07, 6.45) is 24.1. The number of phosphoric ester groups is 1. The van der Waals surface area contributed by atoms with Gasteiger partial charge in [0, 0.05) is 13.0 Å². The number of nitrogens with zero attached hydrogens (tertiary/aromatic N) is 1. The molecule has 0 aromatic carbocycles. The molecule has 1 aliphatic heterocycles. The molecule has 0 bridgehead atoms. The van der Waals surface area contributed by atoms with Crippen molar-refractivity contribution < 1.29 is 37.3 Å². The summed E-state index contributed by atoms with van der Waals surface area (Å²) in [5.74, 6) is 0. The predicted molar refractivity (Wildman–Crippen MR) is 163 cm³/mol. The number of rotatable bonds is 24. The van der Waals surface area contributed by atoms with E-state index in [1.54, 1.807) is 6.92 Å². The number of allylic oxidation sites excluding steroid dienone is 2. The van der Waals surface area contributed by atoms with E-state index in [0.29, 0.717) is 19.6 Å². The largest absolute Gasteiger partial charge is 0.472 e. The van der Waals surface area contributed by atoms with Crippen LogP contribution in [-0.2, 0) is 23.1 Å². The molecule has 3 unspecified atom stereocenters. The summed E-state index contributed by atoms with van der Waals surface area (Å²) in [5.41, 5.74) is 0.839. The summed E-state index contributed by atoms with van der Waals surface area (Å²) in [7, 11) is -4.23. The topological polar surface area (TPSA) is 107 Å². The zero-order chi connectivity index (χ0) is 29.7. The summed E-state index contributed by atoms with van der Waals surface area (Å²) in [6, 6.07) is -0.209. The fraction of sp³-hybridized carbons (Fsp3) is 0.800. The van der Waals surface area contributed by atoms with Gasteiger partial charge in [0.2, 0.25) is 5.51 Å². The number of thiazole rings is 1. The summed E-state index contributed by atoms with van der Waals surface area (Å²) < 4.78 is 35.7. The molecule has 1 aromatic heterocycles. The second kappa shape index (κ2) is 21.4. The minimum absolute atomic E-state index is 0.0416. The number of amides is 1. The predicted octanol–water partition coefficient (Wildman–Crippen LogP) is 7.65. The Balaban J connectivity index is 1.58. The fourth-order valence-corrected chi connectivity index (χ4v) is 6.51. The van der Waals surface area contributed by atoms with Crippen molar-refractivity contribution >= 4 is 25.3 Å². The van der Waals surface area contributed by atoms with Crippen molar-refractivity contribution in [1.29, 1.82) is 0 Å². The van der Waals surface area contributed by atoms with E-state index in [2.05, 4.69) is 24.4 Å². The van der Waals surface area contributed by atoms with E-state index in [1.165, 1.54) is 82.0 Å². The van der Waals surface area contributed by atoms with Crippen LogP contribution in [0, 0.1) is 0 Å². The lowest BCUT2D eigenvalue weighted by molar-refractivity contribution is -0.728. The van der Waals surface area contributed by atoms with Crippen LogP contribution in [0.3, 0.4) is 0 Å². The van der Waals surface area contributed by atoms with Gasteiger partial charge >= 0.3 is 13.9 Å².